The number of hydrogen-bond donors (Lipinski definition) is 1. The topological polar surface area (TPSA) is 37.3 Å². The van der Waals surface area contributed by atoms with Crippen molar-refractivity contribution in [1.82, 2.24) is 0 Å². The van der Waals surface area contributed by atoms with E-state index in [9.17, 15) is 4.79 Å². The minimum atomic E-state index is -0.663. The van der Waals surface area contributed by atoms with E-state index in [1.54, 1.807) is 0 Å². The Hall–Kier alpha value is 0.392. The van der Waals surface area contributed by atoms with Gasteiger partial charge in [-0.25, -0.2) is 0 Å². The number of aliphatic carboxylic acids is 1. The fourth-order valence-corrected chi connectivity index (χ4v) is 1.23. The first-order chi connectivity index (χ1) is 5.77. The summed E-state index contributed by atoms with van der Waals surface area (Å²) in [6, 6.07) is 0. The molecule has 0 heterocycles. The largest absolute Gasteiger partial charge is 0.481 e. The second-order valence-electron chi connectivity index (χ2n) is 3.27. The Bertz CT molecular complexity index is 115. The van der Waals surface area contributed by atoms with E-state index in [0.717, 1.165) is 12.8 Å². The van der Waals surface area contributed by atoms with E-state index in [-0.39, 0.29) is 27.3 Å². The van der Waals surface area contributed by atoms with Crippen molar-refractivity contribution in [3.05, 3.63) is 0 Å². The van der Waals surface area contributed by atoms with E-state index in [1.807, 2.05) is 0 Å². The second-order valence-corrected chi connectivity index (χ2v) is 3.27. The molecule has 13 heavy (non-hydrogen) atoms. The van der Waals surface area contributed by atoms with Crippen LogP contribution in [-0.2, 0) is 32.1 Å². The predicted octanol–water partition coefficient (Wildman–Crippen LogP) is 3.21. The van der Waals surface area contributed by atoms with Crippen molar-refractivity contribution in [1.29, 1.82) is 0 Å². The van der Waals surface area contributed by atoms with Crippen molar-refractivity contribution >= 4 is 5.97 Å². The van der Waals surface area contributed by atoms with Crippen molar-refractivity contribution in [2.24, 2.45) is 0 Å². The van der Waals surface area contributed by atoms with Crippen LogP contribution in [0.5, 0.6) is 0 Å². The van der Waals surface area contributed by atoms with Crippen molar-refractivity contribution in [2.45, 2.75) is 58.3 Å². The van der Waals surface area contributed by atoms with Gasteiger partial charge >= 0.3 is 5.97 Å². The minimum absolute atomic E-state index is 0. The Labute approximate surface area is 101 Å². The maximum atomic E-state index is 10.1. The zero-order chi connectivity index (χ0) is 9.23. The molecular formula is C10H20CdO2. The second kappa shape index (κ2) is 12.4. The molecule has 0 aliphatic rings. The van der Waals surface area contributed by atoms with Crippen molar-refractivity contribution < 1.29 is 37.2 Å². The first kappa shape index (κ1) is 15.8. The van der Waals surface area contributed by atoms with Gasteiger partial charge in [-0.2, -0.15) is 0 Å². The molecule has 1 N–H and O–H groups in total. The number of carboxylic acid groups (broad SMARTS) is 1. The van der Waals surface area contributed by atoms with Crippen LogP contribution in [0.3, 0.4) is 0 Å². The number of rotatable bonds is 8. The molecule has 0 aromatic carbocycles. The third-order valence-corrected chi connectivity index (χ3v) is 1.99. The number of carboxylic acids is 1. The van der Waals surface area contributed by atoms with Gasteiger partial charge in [-0.15, -0.1) is 0 Å². The maximum absolute atomic E-state index is 10.1. The molecule has 0 saturated carbocycles. The third kappa shape index (κ3) is 15.2. The Balaban J connectivity index is 0. The van der Waals surface area contributed by atoms with E-state index in [2.05, 4.69) is 6.92 Å². The summed E-state index contributed by atoms with van der Waals surface area (Å²) in [7, 11) is 0. The molecular weight excluding hydrogens is 265 g/mol. The summed E-state index contributed by atoms with van der Waals surface area (Å²) in [4.78, 5) is 10.1. The predicted molar refractivity (Wildman–Crippen MR) is 50.2 cm³/mol. The summed E-state index contributed by atoms with van der Waals surface area (Å²) in [6.07, 6.45) is 8.64. The molecule has 0 aliphatic carbocycles. The Morgan fingerprint density at radius 3 is 1.92 bits per heavy atom. The normalized spacial score (nSPS) is 9.31. The Morgan fingerprint density at radius 1 is 1.00 bits per heavy atom. The maximum Gasteiger partial charge on any atom is 0.303 e. The zero-order valence-electron chi connectivity index (χ0n) is 8.72. The first-order valence-electron chi connectivity index (χ1n) is 4.99. The van der Waals surface area contributed by atoms with Crippen LogP contribution in [0.25, 0.3) is 0 Å². The van der Waals surface area contributed by atoms with Gasteiger partial charge in [0, 0.05) is 33.7 Å². The van der Waals surface area contributed by atoms with Crippen LogP contribution in [-0.4, -0.2) is 11.1 Å². The molecule has 3 heteroatoms. The van der Waals surface area contributed by atoms with Crippen molar-refractivity contribution in [3.8, 4) is 0 Å². The standard InChI is InChI=1S/C10H20O2.Cd/c1-2-3-4-5-6-7-8-9-10(11)12;/h2-9H2,1H3,(H,11,12);. The fraction of sp³-hybridized carbons (Fsp3) is 0.900. The summed E-state index contributed by atoms with van der Waals surface area (Å²) >= 11 is 0. The SMILES string of the molecule is CCCCCCCCCC(=O)O.[Cd]. The molecule has 0 bridgehead atoms. The molecule has 0 fully saturated rings. The Morgan fingerprint density at radius 2 is 1.46 bits per heavy atom. The average molecular weight is 285 g/mol. The monoisotopic (exact) mass is 286 g/mol. The molecule has 0 aromatic rings. The minimum Gasteiger partial charge on any atom is -0.481 e. The molecule has 0 rings (SSSR count). The van der Waals surface area contributed by atoms with E-state index >= 15 is 0 Å². The smallest absolute Gasteiger partial charge is 0.303 e. The summed E-state index contributed by atoms with van der Waals surface area (Å²) in [5.74, 6) is -0.663. The fourth-order valence-electron chi connectivity index (χ4n) is 1.23. The van der Waals surface area contributed by atoms with E-state index < -0.39 is 5.97 Å². The van der Waals surface area contributed by atoms with Gasteiger partial charge in [0.2, 0.25) is 0 Å². The quantitative estimate of drug-likeness (QED) is 0.549. The van der Waals surface area contributed by atoms with Crippen LogP contribution >= 0.6 is 0 Å². The van der Waals surface area contributed by atoms with Crippen LogP contribution in [0.15, 0.2) is 0 Å². The van der Waals surface area contributed by atoms with Gasteiger partial charge in [-0.3, -0.25) is 4.79 Å². The first-order valence-corrected chi connectivity index (χ1v) is 4.99. The van der Waals surface area contributed by atoms with Gasteiger partial charge in [0.1, 0.15) is 0 Å². The van der Waals surface area contributed by atoms with E-state index in [4.69, 9.17) is 5.11 Å². The molecule has 0 aliphatic heterocycles. The summed E-state index contributed by atoms with van der Waals surface area (Å²) in [5, 5.41) is 8.35. The van der Waals surface area contributed by atoms with Crippen molar-refractivity contribution in [2.75, 3.05) is 0 Å². The number of carbonyl (C=O) groups is 1. The molecule has 0 saturated heterocycles. The zero-order valence-corrected chi connectivity index (χ0v) is 12.8. The Kier molecular flexibility index (Phi) is 15.1. The average Bonchev–Trinajstić information content (AvgIpc) is 2.02. The molecule has 74 valence electrons. The summed E-state index contributed by atoms with van der Waals surface area (Å²) in [5.41, 5.74) is 0. The van der Waals surface area contributed by atoms with Crippen LogP contribution in [0.4, 0.5) is 0 Å². The van der Waals surface area contributed by atoms with E-state index in [1.165, 1.54) is 32.1 Å². The molecule has 0 aromatic heterocycles. The van der Waals surface area contributed by atoms with Gasteiger partial charge in [-0.05, 0) is 6.42 Å². The molecule has 0 atom stereocenters. The molecule has 0 spiro atoms. The van der Waals surface area contributed by atoms with E-state index in [0.29, 0.717) is 6.42 Å². The van der Waals surface area contributed by atoms with Gasteiger partial charge in [0.25, 0.3) is 0 Å². The molecule has 2 nitrogen and oxygen atoms in total. The molecule has 0 amide bonds. The summed E-state index contributed by atoms with van der Waals surface area (Å²) in [6.45, 7) is 2.20. The van der Waals surface area contributed by atoms with Crippen LogP contribution < -0.4 is 0 Å². The van der Waals surface area contributed by atoms with Crippen molar-refractivity contribution in [3.63, 3.8) is 0 Å². The summed E-state index contributed by atoms with van der Waals surface area (Å²) < 4.78 is 0. The number of unbranched alkanes of at least 4 members (excludes halogenated alkanes) is 6. The van der Waals surface area contributed by atoms with Gasteiger partial charge in [0.05, 0.1) is 0 Å². The third-order valence-electron chi connectivity index (χ3n) is 1.99. The van der Waals surface area contributed by atoms with Crippen LogP contribution in [0, 0.1) is 0 Å². The molecule has 0 radical (unpaired) electrons. The van der Waals surface area contributed by atoms with Gasteiger partial charge < -0.3 is 5.11 Å². The number of hydrogen-bond acceptors (Lipinski definition) is 1. The van der Waals surface area contributed by atoms with Gasteiger partial charge in [0.15, 0.2) is 0 Å². The molecule has 0 unspecified atom stereocenters. The van der Waals surface area contributed by atoms with Crippen LogP contribution in [0.2, 0.25) is 0 Å². The van der Waals surface area contributed by atoms with Gasteiger partial charge in [-0.1, -0.05) is 45.4 Å². The van der Waals surface area contributed by atoms with Crippen LogP contribution in [0.1, 0.15) is 58.3 Å².